The minimum atomic E-state index is -0.873. The van der Waals surface area contributed by atoms with E-state index in [4.69, 9.17) is 5.11 Å². The highest BCUT2D eigenvalue weighted by Crippen LogP contribution is 2.35. The first kappa shape index (κ1) is 17.7. The molecule has 1 aliphatic carbocycles. The normalized spacial score (nSPS) is 22.6. The molecule has 3 heteroatoms. The largest absolute Gasteiger partial charge is 0.478 e. The smallest absolute Gasteiger partial charge is 0.327 e. The molecular weight excluding hydrogens is 264 g/mol. The molecule has 1 fully saturated rings. The number of rotatable bonds is 10. The molecule has 1 aliphatic rings. The van der Waals surface area contributed by atoms with Gasteiger partial charge in [-0.1, -0.05) is 38.0 Å². The number of allylic oxidation sites excluding steroid dienone is 3. The minimum absolute atomic E-state index is 0.250. The number of carbonyl (C=O) groups is 2. The standard InChI is InChI=1S/C18H28O3/c1-2-3-7-11-16-15(13-14-17(16)19)10-8-5-4-6-9-12-18(20)21/h3,7,9,12,15-16H,2,4-6,8,10-11,13-14H2,1H3,(H,20,21)/t15-,16-/m0/s1. The summed E-state index contributed by atoms with van der Waals surface area (Å²) in [6, 6.07) is 0. The fraction of sp³-hybridized carbons (Fsp3) is 0.667. The molecule has 0 aromatic rings. The van der Waals surface area contributed by atoms with Crippen LogP contribution in [0.5, 0.6) is 0 Å². The molecule has 3 nitrogen and oxygen atoms in total. The lowest BCUT2D eigenvalue weighted by atomic mass is 9.87. The van der Waals surface area contributed by atoms with Gasteiger partial charge in [0.1, 0.15) is 5.78 Å². The van der Waals surface area contributed by atoms with Crippen molar-refractivity contribution in [1.82, 2.24) is 0 Å². The van der Waals surface area contributed by atoms with Gasteiger partial charge in [0.05, 0.1) is 0 Å². The summed E-state index contributed by atoms with van der Waals surface area (Å²) in [6.07, 6.45) is 16.3. The molecule has 21 heavy (non-hydrogen) atoms. The van der Waals surface area contributed by atoms with Gasteiger partial charge in [0.15, 0.2) is 0 Å². The van der Waals surface area contributed by atoms with Gasteiger partial charge >= 0.3 is 5.97 Å². The number of carboxylic acid groups (broad SMARTS) is 1. The lowest BCUT2D eigenvalue weighted by Crippen LogP contribution is -2.14. The van der Waals surface area contributed by atoms with Crippen molar-refractivity contribution in [2.75, 3.05) is 0 Å². The maximum atomic E-state index is 11.9. The second kappa shape index (κ2) is 10.4. The average molecular weight is 292 g/mol. The number of hydrogen-bond acceptors (Lipinski definition) is 2. The Bertz CT molecular complexity index is 382. The van der Waals surface area contributed by atoms with Gasteiger partial charge < -0.3 is 5.11 Å². The van der Waals surface area contributed by atoms with Crippen LogP contribution in [-0.4, -0.2) is 16.9 Å². The van der Waals surface area contributed by atoms with Crippen LogP contribution in [0.1, 0.15) is 64.7 Å². The van der Waals surface area contributed by atoms with Gasteiger partial charge in [-0.15, -0.1) is 0 Å². The van der Waals surface area contributed by atoms with Crippen LogP contribution in [0.15, 0.2) is 24.3 Å². The third kappa shape index (κ3) is 7.26. The fourth-order valence-electron chi connectivity index (χ4n) is 3.09. The molecule has 0 aromatic heterocycles. The zero-order chi connectivity index (χ0) is 15.5. The van der Waals surface area contributed by atoms with Crippen LogP contribution in [0.3, 0.4) is 0 Å². The number of aliphatic carboxylic acids is 1. The van der Waals surface area contributed by atoms with Crippen molar-refractivity contribution in [3.05, 3.63) is 24.3 Å². The first-order valence-electron chi connectivity index (χ1n) is 8.22. The summed E-state index contributed by atoms with van der Waals surface area (Å²) < 4.78 is 0. The lowest BCUT2D eigenvalue weighted by molar-refractivity contribution is -0.131. The van der Waals surface area contributed by atoms with E-state index >= 15 is 0 Å². The van der Waals surface area contributed by atoms with Crippen molar-refractivity contribution < 1.29 is 14.7 Å². The Hall–Kier alpha value is -1.38. The van der Waals surface area contributed by atoms with Crippen molar-refractivity contribution in [1.29, 1.82) is 0 Å². The number of ketones is 1. The van der Waals surface area contributed by atoms with Crippen LogP contribution in [0.2, 0.25) is 0 Å². The molecule has 0 aliphatic heterocycles. The summed E-state index contributed by atoms with van der Waals surface area (Å²) in [4.78, 5) is 22.2. The zero-order valence-corrected chi connectivity index (χ0v) is 13.1. The van der Waals surface area contributed by atoms with Crippen LogP contribution in [0.25, 0.3) is 0 Å². The third-order valence-electron chi connectivity index (χ3n) is 4.24. The maximum absolute atomic E-state index is 11.9. The molecule has 0 unspecified atom stereocenters. The summed E-state index contributed by atoms with van der Waals surface area (Å²) in [7, 11) is 0. The van der Waals surface area contributed by atoms with E-state index in [0.29, 0.717) is 11.7 Å². The highest BCUT2D eigenvalue weighted by Gasteiger charge is 2.32. The van der Waals surface area contributed by atoms with Gasteiger partial charge in [-0.3, -0.25) is 4.79 Å². The summed E-state index contributed by atoms with van der Waals surface area (Å²) in [5.74, 6) is 0.390. The van der Waals surface area contributed by atoms with Gasteiger partial charge in [-0.05, 0) is 44.4 Å². The van der Waals surface area contributed by atoms with Gasteiger partial charge in [0.25, 0.3) is 0 Å². The summed E-state index contributed by atoms with van der Waals surface area (Å²) in [6.45, 7) is 2.11. The van der Waals surface area contributed by atoms with E-state index in [0.717, 1.165) is 57.8 Å². The molecule has 1 saturated carbocycles. The topological polar surface area (TPSA) is 54.4 Å². The molecule has 0 heterocycles. The van der Waals surface area contributed by atoms with Crippen molar-refractivity contribution >= 4 is 11.8 Å². The molecule has 0 bridgehead atoms. The predicted octanol–water partition coefficient (Wildman–Crippen LogP) is 4.53. The maximum Gasteiger partial charge on any atom is 0.327 e. The van der Waals surface area contributed by atoms with Gasteiger partial charge in [-0.2, -0.15) is 0 Å². The van der Waals surface area contributed by atoms with Crippen LogP contribution in [-0.2, 0) is 9.59 Å². The molecule has 0 radical (unpaired) electrons. The Labute approximate surface area is 128 Å². The minimum Gasteiger partial charge on any atom is -0.478 e. The summed E-state index contributed by atoms with van der Waals surface area (Å²) in [5.41, 5.74) is 0. The van der Waals surface area contributed by atoms with E-state index in [9.17, 15) is 9.59 Å². The highest BCUT2D eigenvalue weighted by molar-refractivity contribution is 5.83. The average Bonchev–Trinajstić information content (AvgIpc) is 2.79. The molecular formula is C18H28O3. The monoisotopic (exact) mass is 292 g/mol. The molecule has 0 spiro atoms. The van der Waals surface area contributed by atoms with E-state index in [-0.39, 0.29) is 5.92 Å². The van der Waals surface area contributed by atoms with E-state index < -0.39 is 5.97 Å². The number of unbranched alkanes of at least 4 members (excludes halogenated alkanes) is 3. The Morgan fingerprint density at radius 1 is 1.24 bits per heavy atom. The van der Waals surface area contributed by atoms with Gasteiger partial charge in [0.2, 0.25) is 0 Å². The summed E-state index contributed by atoms with van der Waals surface area (Å²) in [5, 5.41) is 8.48. The highest BCUT2D eigenvalue weighted by atomic mass is 16.4. The van der Waals surface area contributed by atoms with Crippen molar-refractivity contribution in [2.45, 2.75) is 64.7 Å². The zero-order valence-electron chi connectivity index (χ0n) is 13.1. The van der Waals surface area contributed by atoms with E-state index in [1.807, 2.05) is 0 Å². The first-order chi connectivity index (χ1) is 10.1. The summed E-state index contributed by atoms with van der Waals surface area (Å²) >= 11 is 0. The Morgan fingerprint density at radius 2 is 2.05 bits per heavy atom. The first-order valence-corrected chi connectivity index (χ1v) is 8.22. The number of hydrogen-bond donors (Lipinski definition) is 1. The number of carbonyl (C=O) groups excluding carboxylic acids is 1. The second-order valence-electron chi connectivity index (χ2n) is 5.87. The molecule has 2 atom stereocenters. The third-order valence-corrected chi connectivity index (χ3v) is 4.24. The predicted molar refractivity (Wildman–Crippen MR) is 85.1 cm³/mol. The van der Waals surface area contributed by atoms with E-state index in [1.54, 1.807) is 6.08 Å². The van der Waals surface area contributed by atoms with Crippen LogP contribution in [0, 0.1) is 11.8 Å². The SMILES string of the molecule is CCC=CC[C@@H]1C(=O)CC[C@@H]1CCCCCC=CC(=O)O. The van der Waals surface area contributed by atoms with Crippen LogP contribution < -0.4 is 0 Å². The number of Topliss-reactive ketones (excluding diaryl/α,β-unsaturated/α-hetero) is 1. The number of carboxylic acids is 1. The molecule has 118 valence electrons. The molecule has 0 amide bonds. The van der Waals surface area contributed by atoms with Crippen molar-refractivity contribution in [3.8, 4) is 0 Å². The van der Waals surface area contributed by atoms with Gasteiger partial charge in [0, 0.05) is 18.4 Å². The Balaban J connectivity index is 2.19. The second-order valence-corrected chi connectivity index (χ2v) is 5.87. The van der Waals surface area contributed by atoms with Crippen LogP contribution >= 0.6 is 0 Å². The molecule has 0 saturated heterocycles. The van der Waals surface area contributed by atoms with E-state index in [2.05, 4.69) is 19.1 Å². The van der Waals surface area contributed by atoms with Gasteiger partial charge in [-0.25, -0.2) is 4.79 Å². The molecule has 0 aromatic carbocycles. The van der Waals surface area contributed by atoms with Crippen LogP contribution in [0.4, 0.5) is 0 Å². The Morgan fingerprint density at radius 3 is 2.76 bits per heavy atom. The lowest BCUT2D eigenvalue weighted by Gasteiger charge is -2.16. The van der Waals surface area contributed by atoms with Crippen molar-refractivity contribution in [2.24, 2.45) is 11.8 Å². The van der Waals surface area contributed by atoms with Crippen molar-refractivity contribution in [3.63, 3.8) is 0 Å². The molecule has 1 rings (SSSR count). The quantitative estimate of drug-likeness (QED) is 0.365. The van der Waals surface area contributed by atoms with E-state index in [1.165, 1.54) is 6.08 Å². The fourth-order valence-corrected chi connectivity index (χ4v) is 3.09. The molecule has 1 N–H and O–H groups in total. The Kier molecular flexibility index (Phi) is 8.72.